The first kappa shape index (κ1) is 16.3. The number of carbonyl (C=O) groups excluding carboxylic acids is 1. The fourth-order valence-corrected chi connectivity index (χ4v) is 2.35. The molecule has 0 saturated carbocycles. The van der Waals surface area contributed by atoms with Crippen molar-refractivity contribution in [1.82, 2.24) is 9.55 Å². The lowest BCUT2D eigenvalue weighted by Crippen LogP contribution is -2.15. The zero-order valence-electron chi connectivity index (χ0n) is 13.1. The van der Waals surface area contributed by atoms with Crippen molar-refractivity contribution >= 4 is 17.5 Å². The Morgan fingerprint density at radius 3 is 2.64 bits per heavy atom. The van der Waals surface area contributed by atoms with Crippen molar-refractivity contribution in [2.45, 2.75) is 0 Å². The van der Waals surface area contributed by atoms with E-state index in [1.807, 2.05) is 0 Å². The Hall–Kier alpha value is -3.55. The topological polar surface area (TPSA) is 90.1 Å². The smallest absolute Gasteiger partial charge is 0.270 e. The molecule has 7 nitrogen and oxygen atoms in total. The van der Waals surface area contributed by atoms with E-state index in [1.54, 1.807) is 29.9 Å². The number of imidazole rings is 1. The second-order valence-electron chi connectivity index (χ2n) is 5.29. The summed E-state index contributed by atoms with van der Waals surface area (Å²) < 4.78 is 14.7. The van der Waals surface area contributed by atoms with E-state index >= 15 is 0 Å². The summed E-state index contributed by atoms with van der Waals surface area (Å²) in [5, 5.41) is 13.4. The van der Waals surface area contributed by atoms with Gasteiger partial charge in [-0.3, -0.25) is 20.2 Å². The normalized spacial score (nSPS) is 10.5. The fourth-order valence-electron chi connectivity index (χ4n) is 2.35. The molecule has 3 aromatic rings. The molecule has 0 spiro atoms. The highest BCUT2D eigenvalue weighted by atomic mass is 19.1. The highest BCUT2D eigenvalue weighted by Gasteiger charge is 2.15. The van der Waals surface area contributed by atoms with Gasteiger partial charge in [0.2, 0.25) is 5.95 Å². The Labute approximate surface area is 141 Å². The molecule has 0 radical (unpaired) electrons. The van der Waals surface area contributed by atoms with E-state index in [0.717, 1.165) is 5.56 Å². The number of halogens is 1. The standard InChI is InChI=1S/C17H13FN4O3/c1-21-15(11-5-7-13(18)8-6-11)10-19-17(21)20-16(23)12-3-2-4-14(9-12)22(24)25/h2-10H,1H3,(H,19,20,23). The maximum absolute atomic E-state index is 13.0. The largest absolute Gasteiger partial charge is 0.313 e. The molecule has 0 saturated heterocycles. The molecule has 1 N–H and O–H groups in total. The molecule has 1 amide bonds. The van der Waals surface area contributed by atoms with Crippen LogP contribution in [0.1, 0.15) is 10.4 Å². The minimum absolute atomic E-state index is 0.153. The number of nitro benzene ring substituents is 1. The first-order valence-electron chi connectivity index (χ1n) is 7.29. The van der Waals surface area contributed by atoms with E-state index in [0.29, 0.717) is 5.69 Å². The molecule has 8 heteroatoms. The van der Waals surface area contributed by atoms with E-state index < -0.39 is 10.8 Å². The molecule has 2 aromatic carbocycles. The fraction of sp³-hybridized carbons (Fsp3) is 0.0588. The van der Waals surface area contributed by atoms with Gasteiger partial charge in [-0.2, -0.15) is 0 Å². The Morgan fingerprint density at radius 1 is 1.24 bits per heavy atom. The van der Waals surface area contributed by atoms with Gasteiger partial charge in [0.05, 0.1) is 16.8 Å². The van der Waals surface area contributed by atoms with Crippen LogP contribution in [0.3, 0.4) is 0 Å². The van der Waals surface area contributed by atoms with Crippen LogP contribution in [0, 0.1) is 15.9 Å². The van der Waals surface area contributed by atoms with Crippen molar-refractivity contribution in [3.05, 3.63) is 76.2 Å². The highest BCUT2D eigenvalue weighted by Crippen LogP contribution is 2.22. The number of hydrogen-bond acceptors (Lipinski definition) is 4. The number of rotatable bonds is 4. The summed E-state index contributed by atoms with van der Waals surface area (Å²) in [6.45, 7) is 0. The van der Waals surface area contributed by atoms with Crippen LogP contribution >= 0.6 is 0 Å². The molecule has 0 aliphatic carbocycles. The van der Waals surface area contributed by atoms with Gasteiger partial charge < -0.3 is 4.57 Å². The SMILES string of the molecule is Cn1c(-c2ccc(F)cc2)cnc1NC(=O)c1cccc([N+](=O)[O-])c1. The van der Waals surface area contributed by atoms with Gasteiger partial charge in [0.15, 0.2) is 0 Å². The molecular formula is C17H13FN4O3. The van der Waals surface area contributed by atoms with Gasteiger partial charge in [0.1, 0.15) is 5.82 Å². The minimum Gasteiger partial charge on any atom is -0.313 e. The summed E-state index contributed by atoms with van der Waals surface area (Å²) in [6.07, 6.45) is 1.55. The molecule has 0 unspecified atom stereocenters. The molecule has 0 fully saturated rings. The van der Waals surface area contributed by atoms with Crippen LogP contribution in [-0.2, 0) is 7.05 Å². The predicted molar refractivity (Wildman–Crippen MR) is 89.7 cm³/mol. The van der Waals surface area contributed by atoms with Gasteiger partial charge in [-0.25, -0.2) is 9.37 Å². The summed E-state index contributed by atoms with van der Waals surface area (Å²) in [5.74, 6) is -0.580. The van der Waals surface area contributed by atoms with Gasteiger partial charge in [0, 0.05) is 30.3 Å². The van der Waals surface area contributed by atoms with E-state index in [9.17, 15) is 19.3 Å². The van der Waals surface area contributed by atoms with Crippen LogP contribution < -0.4 is 5.32 Å². The third-order valence-corrected chi connectivity index (χ3v) is 3.67. The van der Waals surface area contributed by atoms with Crippen LogP contribution in [0.4, 0.5) is 16.0 Å². The molecule has 126 valence electrons. The summed E-state index contributed by atoms with van der Waals surface area (Å²) >= 11 is 0. The first-order valence-corrected chi connectivity index (χ1v) is 7.29. The quantitative estimate of drug-likeness (QED) is 0.582. The first-order chi connectivity index (χ1) is 12.0. The number of nitrogens with one attached hydrogen (secondary N) is 1. The molecule has 1 heterocycles. The van der Waals surface area contributed by atoms with Crippen LogP contribution in [0.5, 0.6) is 0 Å². The van der Waals surface area contributed by atoms with E-state index in [4.69, 9.17) is 0 Å². The number of nitro groups is 1. The molecule has 25 heavy (non-hydrogen) atoms. The Kier molecular flexibility index (Phi) is 4.25. The zero-order chi connectivity index (χ0) is 18.0. The third kappa shape index (κ3) is 3.37. The molecule has 1 aromatic heterocycles. The Bertz CT molecular complexity index is 951. The zero-order valence-corrected chi connectivity index (χ0v) is 13.1. The molecule has 0 bridgehead atoms. The van der Waals surface area contributed by atoms with Crippen molar-refractivity contribution in [3.8, 4) is 11.3 Å². The average Bonchev–Trinajstić information content (AvgIpc) is 2.96. The maximum atomic E-state index is 13.0. The van der Waals surface area contributed by atoms with Gasteiger partial charge in [-0.05, 0) is 30.3 Å². The average molecular weight is 340 g/mol. The second kappa shape index (κ2) is 6.52. The highest BCUT2D eigenvalue weighted by molar-refractivity contribution is 6.03. The van der Waals surface area contributed by atoms with E-state index in [-0.39, 0.29) is 23.0 Å². The number of nitrogens with zero attached hydrogens (tertiary/aromatic N) is 3. The number of carbonyl (C=O) groups is 1. The van der Waals surface area contributed by atoms with Crippen molar-refractivity contribution in [2.75, 3.05) is 5.32 Å². The summed E-state index contributed by atoms with van der Waals surface area (Å²) in [6, 6.07) is 11.3. The molecule has 0 atom stereocenters. The van der Waals surface area contributed by atoms with Crippen LogP contribution in [0.25, 0.3) is 11.3 Å². The lowest BCUT2D eigenvalue weighted by atomic mass is 10.2. The van der Waals surface area contributed by atoms with Crippen LogP contribution in [0.15, 0.2) is 54.7 Å². The number of anilines is 1. The Balaban J connectivity index is 1.84. The summed E-state index contributed by atoms with van der Waals surface area (Å²) in [7, 11) is 1.70. The number of aromatic nitrogens is 2. The van der Waals surface area contributed by atoms with E-state index in [2.05, 4.69) is 10.3 Å². The lowest BCUT2D eigenvalue weighted by molar-refractivity contribution is -0.384. The number of benzene rings is 2. The maximum Gasteiger partial charge on any atom is 0.270 e. The van der Waals surface area contributed by atoms with Crippen molar-refractivity contribution < 1.29 is 14.1 Å². The number of hydrogen-bond donors (Lipinski definition) is 1. The summed E-state index contributed by atoms with van der Waals surface area (Å²) in [4.78, 5) is 26.7. The second-order valence-corrected chi connectivity index (χ2v) is 5.29. The van der Waals surface area contributed by atoms with Crippen molar-refractivity contribution in [3.63, 3.8) is 0 Å². The van der Waals surface area contributed by atoms with Gasteiger partial charge in [-0.1, -0.05) is 6.07 Å². The van der Waals surface area contributed by atoms with Crippen molar-refractivity contribution in [2.24, 2.45) is 7.05 Å². The number of non-ortho nitro benzene ring substituents is 1. The molecular weight excluding hydrogens is 327 g/mol. The molecule has 0 aliphatic heterocycles. The van der Waals surface area contributed by atoms with Gasteiger partial charge in [0.25, 0.3) is 11.6 Å². The van der Waals surface area contributed by atoms with Gasteiger partial charge in [-0.15, -0.1) is 0 Å². The van der Waals surface area contributed by atoms with Gasteiger partial charge >= 0.3 is 0 Å². The third-order valence-electron chi connectivity index (χ3n) is 3.67. The van der Waals surface area contributed by atoms with Crippen LogP contribution in [-0.4, -0.2) is 20.4 Å². The lowest BCUT2D eigenvalue weighted by Gasteiger charge is -2.07. The molecule has 0 aliphatic rings. The predicted octanol–water partition coefficient (Wildman–Crippen LogP) is 3.39. The Morgan fingerprint density at radius 2 is 1.96 bits per heavy atom. The minimum atomic E-state index is -0.565. The van der Waals surface area contributed by atoms with E-state index in [1.165, 1.54) is 36.4 Å². The molecule has 3 rings (SSSR count). The van der Waals surface area contributed by atoms with Crippen LogP contribution in [0.2, 0.25) is 0 Å². The van der Waals surface area contributed by atoms with Crippen molar-refractivity contribution in [1.29, 1.82) is 0 Å². The number of amides is 1. The summed E-state index contributed by atoms with van der Waals surface area (Å²) in [5.41, 5.74) is 1.42. The monoisotopic (exact) mass is 340 g/mol.